The van der Waals surface area contributed by atoms with Crippen molar-refractivity contribution in [1.29, 1.82) is 0 Å². The molecule has 1 N–H and O–H groups in total. The fraction of sp³-hybridized carbons (Fsp3) is 0.227. The van der Waals surface area contributed by atoms with Crippen molar-refractivity contribution in [3.05, 3.63) is 71.2 Å². The summed E-state index contributed by atoms with van der Waals surface area (Å²) >= 11 is 1.34. The molecule has 2 aromatic carbocycles. The molecule has 6 nitrogen and oxygen atoms in total. The lowest BCUT2D eigenvalue weighted by atomic mass is 10.0. The van der Waals surface area contributed by atoms with Gasteiger partial charge in [-0.15, -0.1) is 11.3 Å². The highest BCUT2D eigenvalue weighted by molar-refractivity contribution is 7.13. The molecule has 150 valence electrons. The van der Waals surface area contributed by atoms with E-state index in [1.807, 2.05) is 61.5 Å². The Morgan fingerprint density at radius 1 is 1.10 bits per heavy atom. The van der Waals surface area contributed by atoms with E-state index < -0.39 is 5.97 Å². The number of aromatic nitrogens is 1. The summed E-state index contributed by atoms with van der Waals surface area (Å²) in [5, 5.41) is 5.10. The van der Waals surface area contributed by atoms with E-state index in [9.17, 15) is 9.59 Å². The van der Waals surface area contributed by atoms with E-state index in [0.29, 0.717) is 11.6 Å². The average Bonchev–Trinajstić information content (AvgIpc) is 3.27. The summed E-state index contributed by atoms with van der Waals surface area (Å²) in [6.45, 7) is 2.16. The van der Waals surface area contributed by atoms with Crippen LogP contribution in [0.25, 0.3) is 10.6 Å². The van der Waals surface area contributed by atoms with E-state index in [1.165, 1.54) is 11.3 Å². The SMILES string of the molecule is COc1ccc(-c2nc(C(=O)OCC(=O)NC[C@H](C)c3ccccc3)cs2)cc1. The Kier molecular flexibility index (Phi) is 6.97. The van der Waals surface area contributed by atoms with Gasteiger partial charge in [-0.2, -0.15) is 0 Å². The summed E-state index contributed by atoms with van der Waals surface area (Å²) in [7, 11) is 1.60. The number of carbonyl (C=O) groups excluding carboxylic acids is 2. The van der Waals surface area contributed by atoms with Crippen molar-refractivity contribution in [3.63, 3.8) is 0 Å². The van der Waals surface area contributed by atoms with Gasteiger partial charge in [0.05, 0.1) is 7.11 Å². The number of ether oxygens (including phenoxy) is 2. The van der Waals surface area contributed by atoms with Crippen LogP contribution in [0.1, 0.15) is 28.9 Å². The maximum Gasteiger partial charge on any atom is 0.358 e. The molecule has 0 bridgehead atoms. The molecule has 0 fully saturated rings. The van der Waals surface area contributed by atoms with Crippen LogP contribution in [0.15, 0.2) is 60.0 Å². The first-order valence-corrected chi connectivity index (χ1v) is 10.0. The van der Waals surface area contributed by atoms with Crippen LogP contribution in [-0.2, 0) is 9.53 Å². The first-order valence-electron chi connectivity index (χ1n) is 9.15. The van der Waals surface area contributed by atoms with Gasteiger partial charge in [0.25, 0.3) is 5.91 Å². The highest BCUT2D eigenvalue weighted by atomic mass is 32.1. The molecule has 0 aliphatic carbocycles. The zero-order valence-corrected chi connectivity index (χ0v) is 17.1. The number of esters is 1. The minimum Gasteiger partial charge on any atom is -0.497 e. The zero-order valence-electron chi connectivity index (χ0n) is 16.3. The van der Waals surface area contributed by atoms with Gasteiger partial charge in [-0.25, -0.2) is 9.78 Å². The molecule has 0 aliphatic heterocycles. The number of nitrogens with one attached hydrogen (secondary N) is 1. The first-order chi connectivity index (χ1) is 14.1. The number of methoxy groups -OCH3 is 1. The zero-order chi connectivity index (χ0) is 20.6. The molecule has 29 heavy (non-hydrogen) atoms. The van der Waals surface area contributed by atoms with Crippen molar-refractivity contribution in [2.24, 2.45) is 0 Å². The lowest BCUT2D eigenvalue weighted by Gasteiger charge is -2.13. The molecule has 3 rings (SSSR count). The van der Waals surface area contributed by atoms with Gasteiger partial charge in [-0.05, 0) is 35.7 Å². The van der Waals surface area contributed by atoms with Crippen LogP contribution in [0.4, 0.5) is 0 Å². The lowest BCUT2D eigenvalue weighted by molar-refractivity contribution is -0.124. The summed E-state index contributed by atoms with van der Waals surface area (Å²) in [5.74, 6) is -0.0435. The molecule has 1 aromatic heterocycles. The van der Waals surface area contributed by atoms with Crippen LogP contribution in [0.5, 0.6) is 5.75 Å². The van der Waals surface area contributed by atoms with Crippen molar-refractivity contribution in [1.82, 2.24) is 10.3 Å². The van der Waals surface area contributed by atoms with Gasteiger partial charge < -0.3 is 14.8 Å². The fourth-order valence-corrected chi connectivity index (χ4v) is 3.45. The topological polar surface area (TPSA) is 77.5 Å². The van der Waals surface area contributed by atoms with Crippen molar-refractivity contribution in [2.45, 2.75) is 12.8 Å². The van der Waals surface area contributed by atoms with Crippen LogP contribution in [0.2, 0.25) is 0 Å². The second kappa shape index (κ2) is 9.84. The molecule has 3 aromatic rings. The van der Waals surface area contributed by atoms with Gasteiger partial charge in [0.2, 0.25) is 0 Å². The Bertz CT molecular complexity index is 954. The predicted molar refractivity (Wildman–Crippen MR) is 112 cm³/mol. The molecule has 0 spiro atoms. The molecule has 1 atom stereocenters. The lowest BCUT2D eigenvalue weighted by Crippen LogP contribution is -2.31. The summed E-state index contributed by atoms with van der Waals surface area (Å²) in [6.07, 6.45) is 0. The van der Waals surface area contributed by atoms with Gasteiger partial charge in [0.1, 0.15) is 10.8 Å². The normalized spacial score (nSPS) is 11.5. The van der Waals surface area contributed by atoms with E-state index in [2.05, 4.69) is 10.3 Å². The summed E-state index contributed by atoms with van der Waals surface area (Å²) in [4.78, 5) is 28.5. The van der Waals surface area contributed by atoms with Crippen LogP contribution < -0.4 is 10.1 Å². The largest absolute Gasteiger partial charge is 0.497 e. The van der Waals surface area contributed by atoms with Crippen molar-refractivity contribution < 1.29 is 19.1 Å². The third-order valence-electron chi connectivity index (χ3n) is 4.36. The number of benzene rings is 2. The Balaban J connectivity index is 1.47. The predicted octanol–water partition coefficient (Wildman–Crippen LogP) is 3.90. The van der Waals surface area contributed by atoms with E-state index in [1.54, 1.807) is 12.5 Å². The number of carbonyl (C=O) groups is 2. The van der Waals surface area contributed by atoms with E-state index in [0.717, 1.165) is 16.9 Å². The van der Waals surface area contributed by atoms with Gasteiger partial charge in [-0.1, -0.05) is 37.3 Å². The summed E-state index contributed by atoms with van der Waals surface area (Å²) < 4.78 is 10.2. The van der Waals surface area contributed by atoms with Gasteiger partial charge in [0, 0.05) is 17.5 Å². The molecule has 0 aliphatic rings. The third kappa shape index (κ3) is 5.65. The smallest absolute Gasteiger partial charge is 0.358 e. The number of nitrogens with zero attached hydrogens (tertiary/aromatic N) is 1. The molecule has 0 saturated heterocycles. The van der Waals surface area contributed by atoms with Crippen LogP contribution in [-0.4, -0.2) is 37.1 Å². The number of hydrogen-bond donors (Lipinski definition) is 1. The second-order valence-corrected chi connectivity index (χ2v) is 7.32. The summed E-state index contributed by atoms with van der Waals surface area (Å²) in [6, 6.07) is 17.3. The van der Waals surface area contributed by atoms with E-state index in [-0.39, 0.29) is 24.1 Å². The Morgan fingerprint density at radius 3 is 2.52 bits per heavy atom. The molecule has 1 amide bonds. The summed E-state index contributed by atoms with van der Waals surface area (Å²) in [5.41, 5.74) is 2.20. The Labute approximate surface area is 173 Å². The first kappa shape index (κ1) is 20.5. The second-order valence-electron chi connectivity index (χ2n) is 6.46. The Hall–Kier alpha value is -3.19. The molecule has 1 heterocycles. The third-order valence-corrected chi connectivity index (χ3v) is 5.25. The van der Waals surface area contributed by atoms with Gasteiger partial charge in [-0.3, -0.25) is 4.79 Å². The minimum atomic E-state index is -0.618. The molecular formula is C22H22N2O4S. The highest BCUT2D eigenvalue weighted by Crippen LogP contribution is 2.26. The molecule has 0 radical (unpaired) electrons. The number of rotatable bonds is 8. The van der Waals surface area contributed by atoms with Crippen molar-refractivity contribution in [3.8, 4) is 16.3 Å². The van der Waals surface area contributed by atoms with Gasteiger partial charge >= 0.3 is 5.97 Å². The highest BCUT2D eigenvalue weighted by Gasteiger charge is 2.15. The van der Waals surface area contributed by atoms with Crippen LogP contribution in [0.3, 0.4) is 0 Å². The maximum atomic E-state index is 12.2. The fourth-order valence-electron chi connectivity index (χ4n) is 2.66. The number of hydrogen-bond acceptors (Lipinski definition) is 6. The molecular weight excluding hydrogens is 388 g/mol. The van der Waals surface area contributed by atoms with Crippen LogP contribution in [0, 0.1) is 0 Å². The Morgan fingerprint density at radius 2 is 1.83 bits per heavy atom. The van der Waals surface area contributed by atoms with Crippen LogP contribution >= 0.6 is 11.3 Å². The minimum absolute atomic E-state index is 0.168. The van der Waals surface area contributed by atoms with Crippen molar-refractivity contribution >= 4 is 23.2 Å². The maximum absolute atomic E-state index is 12.2. The van der Waals surface area contributed by atoms with Crippen molar-refractivity contribution in [2.75, 3.05) is 20.3 Å². The van der Waals surface area contributed by atoms with Gasteiger partial charge in [0.15, 0.2) is 12.3 Å². The quantitative estimate of drug-likeness (QED) is 0.570. The van der Waals surface area contributed by atoms with E-state index >= 15 is 0 Å². The number of thiazole rings is 1. The van der Waals surface area contributed by atoms with E-state index in [4.69, 9.17) is 9.47 Å². The average molecular weight is 410 g/mol. The standard InChI is InChI=1S/C22H22N2O4S/c1-15(16-6-4-3-5-7-16)12-23-20(25)13-28-22(26)19-14-29-21(24-19)17-8-10-18(27-2)11-9-17/h3-11,14-15H,12-13H2,1-2H3,(H,23,25)/t15-/m0/s1. The number of amides is 1. The monoisotopic (exact) mass is 410 g/mol. The molecule has 0 saturated carbocycles. The molecule has 7 heteroatoms. The molecule has 0 unspecified atom stereocenters.